The molecule has 5 heteroatoms. The normalized spacial score (nSPS) is 19.5. The lowest BCUT2D eigenvalue weighted by atomic mass is 10.2. The summed E-state index contributed by atoms with van der Waals surface area (Å²) in [5.74, 6) is 0. The van der Waals surface area contributed by atoms with Gasteiger partial charge in [-0.15, -0.1) is 0 Å². The molecule has 0 aliphatic carbocycles. The number of hydrogen-bond donors (Lipinski definition) is 1. The molecule has 0 aromatic rings. The highest BCUT2D eigenvalue weighted by atomic mass is 32.2. The van der Waals surface area contributed by atoms with Crippen LogP contribution in [0.5, 0.6) is 0 Å². The number of hydrogen-bond acceptors (Lipinski definition) is 3. The van der Waals surface area contributed by atoms with E-state index in [1.165, 1.54) is 24.3 Å². The van der Waals surface area contributed by atoms with E-state index in [4.69, 9.17) is 13.0 Å². The Hall–Kier alpha value is -0.650. The van der Waals surface area contributed by atoms with Gasteiger partial charge >= 0.3 is 0 Å². The summed E-state index contributed by atoms with van der Waals surface area (Å²) >= 11 is 0. The number of rotatable bonds is 3. The van der Waals surface area contributed by atoms with Gasteiger partial charge in [-0.25, -0.2) is 8.42 Å². The molecule has 0 saturated heterocycles. The molecule has 4 nitrogen and oxygen atoms in total. The van der Waals surface area contributed by atoms with Crippen LogP contribution in [0.4, 0.5) is 0 Å². The summed E-state index contributed by atoms with van der Waals surface area (Å²) in [4.78, 5) is 1.53. The molecule has 88 valence electrons. The molecule has 0 aromatic carbocycles. The van der Waals surface area contributed by atoms with Crippen LogP contribution in [0.3, 0.4) is 0 Å². The Morgan fingerprint density at radius 2 is 1.93 bits per heavy atom. The van der Waals surface area contributed by atoms with Gasteiger partial charge in [0, 0.05) is 18.8 Å². The average Bonchev–Trinajstić information content (AvgIpc) is 2.49. The molecule has 1 heterocycles. The van der Waals surface area contributed by atoms with Crippen molar-refractivity contribution in [1.82, 2.24) is 0 Å². The highest BCUT2D eigenvalue weighted by Crippen LogP contribution is 2.00. The highest BCUT2D eigenvalue weighted by Gasteiger charge is 2.12. The minimum atomic E-state index is -3.92. The lowest BCUT2D eigenvalue weighted by molar-refractivity contribution is -0.801. The van der Waals surface area contributed by atoms with Gasteiger partial charge < -0.3 is 4.55 Å². The molecule has 1 N–H and O–H groups in total. The minimum absolute atomic E-state index is 0.604. The van der Waals surface area contributed by atoms with Crippen molar-refractivity contribution >= 4 is 10.1 Å². The van der Waals surface area contributed by atoms with Crippen molar-refractivity contribution in [2.75, 3.05) is 12.8 Å². The molecular formula is C10H19NO3S. The second kappa shape index (κ2) is 6.76. The summed E-state index contributed by atoms with van der Waals surface area (Å²) in [6.07, 6.45) is 9.73. The summed E-state index contributed by atoms with van der Waals surface area (Å²) in [7, 11) is -3.92. The van der Waals surface area contributed by atoms with Crippen molar-refractivity contribution in [3.63, 3.8) is 0 Å². The van der Waals surface area contributed by atoms with Gasteiger partial charge in [0.25, 0.3) is 0 Å². The molecule has 1 aliphatic heterocycles. The summed E-state index contributed by atoms with van der Waals surface area (Å²) in [6, 6.07) is 0. The van der Waals surface area contributed by atoms with Crippen molar-refractivity contribution in [2.24, 2.45) is 0 Å². The van der Waals surface area contributed by atoms with E-state index >= 15 is 0 Å². The van der Waals surface area contributed by atoms with Gasteiger partial charge in [-0.1, -0.05) is 6.92 Å². The third-order valence-electron chi connectivity index (χ3n) is 1.91. The van der Waals surface area contributed by atoms with Gasteiger partial charge in [0.15, 0.2) is 0 Å². The maximum atomic E-state index is 9.08. The monoisotopic (exact) mass is 233 g/mol. The number of nitrogens with one attached hydrogen (secondary N) is 1. The van der Waals surface area contributed by atoms with Crippen molar-refractivity contribution in [3.05, 3.63) is 24.0 Å². The van der Waals surface area contributed by atoms with Gasteiger partial charge in [-0.05, 0) is 19.4 Å². The van der Waals surface area contributed by atoms with Crippen molar-refractivity contribution in [1.29, 1.82) is 0 Å². The molecule has 15 heavy (non-hydrogen) atoms. The van der Waals surface area contributed by atoms with E-state index in [0.717, 1.165) is 0 Å². The molecule has 0 bridgehead atoms. The van der Waals surface area contributed by atoms with E-state index in [1.54, 1.807) is 5.70 Å². The Labute approximate surface area is 92.0 Å². The van der Waals surface area contributed by atoms with Crippen LogP contribution in [0.15, 0.2) is 24.0 Å². The van der Waals surface area contributed by atoms with E-state index in [2.05, 4.69) is 32.2 Å². The van der Waals surface area contributed by atoms with Crippen LogP contribution in [0, 0.1) is 0 Å². The first-order valence-corrected chi connectivity index (χ1v) is 6.84. The Bertz CT molecular complexity index is 323. The van der Waals surface area contributed by atoms with Crippen LogP contribution >= 0.6 is 0 Å². The zero-order valence-electron chi connectivity index (χ0n) is 9.49. The largest absolute Gasteiger partial charge is 0.748 e. The molecule has 1 unspecified atom stereocenters. The van der Waals surface area contributed by atoms with E-state index in [1.807, 2.05) is 0 Å². The fraction of sp³-hybridized carbons (Fsp3) is 0.600. The summed E-state index contributed by atoms with van der Waals surface area (Å²) in [5.41, 5.74) is 1.55. The van der Waals surface area contributed by atoms with E-state index < -0.39 is 10.1 Å². The average molecular weight is 233 g/mol. The van der Waals surface area contributed by atoms with Crippen molar-refractivity contribution in [3.8, 4) is 0 Å². The number of quaternary nitrogens is 1. The Morgan fingerprint density at radius 3 is 2.33 bits per heavy atom. The Balaban J connectivity index is 0.000000336. The first-order chi connectivity index (χ1) is 6.88. The highest BCUT2D eigenvalue weighted by molar-refractivity contribution is 7.84. The smallest absolute Gasteiger partial charge is 0.112 e. The molecule has 0 aromatic heterocycles. The molecular weight excluding hydrogens is 214 g/mol. The summed E-state index contributed by atoms with van der Waals surface area (Å²) in [5, 5.41) is 0. The van der Waals surface area contributed by atoms with Crippen molar-refractivity contribution in [2.45, 2.75) is 26.7 Å². The van der Waals surface area contributed by atoms with Crippen LogP contribution in [-0.2, 0) is 10.1 Å². The molecule has 0 radical (unpaired) electrons. The van der Waals surface area contributed by atoms with Gasteiger partial charge in [-0.2, -0.15) is 0 Å². The molecule has 1 rings (SSSR count). The standard InChI is InChI=1S/C9H15N.CH4O3S/c1-3-6-9-7-5-8-10(9)4-2;1-5(2,3)4/h5,7-8H,3-4,6H2,1-2H3;1H3,(H,2,3,4). The first kappa shape index (κ1) is 14.3. The lowest BCUT2D eigenvalue weighted by Crippen LogP contribution is -3.04. The Morgan fingerprint density at radius 1 is 1.40 bits per heavy atom. The topological polar surface area (TPSA) is 61.6 Å². The van der Waals surface area contributed by atoms with E-state index in [-0.39, 0.29) is 0 Å². The zero-order chi connectivity index (χ0) is 11.9. The predicted octanol–water partition coefficient (Wildman–Crippen LogP) is 0.264. The van der Waals surface area contributed by atoms with Crippen LogP contribution in [0.25, 0.3) is 0 Å². The second-order valence-corrected chi connectivity index (χ2v) is 4.79. The maximum absolute atomic E-state index is 9.08. The third-order valence-corrected chi connectivity index (χ3v) is 1.91. The van der Waals surface area contributed by atoms with Gasteiger partial charge in [-0.3, -0.25) is 4.90 Å². The fourth-order valence-electron chi connectivity index (χ4n) is 1.35. The second-order valence-electron chi connectivity index (χ2n) is 3.38. The molecule has 0 spiro atoms. The molecule has 1 atom stereocenters. The first-order valence-electron chi connectivity index (χ1n) is 5.02. The maximum Gasteiger partial charge on any atom is 0.112 e. The predicted molar refractivity (Wildman–Crippen MR) is 59.3 cm³/mol. The quantitative estimate of drug-likeness (QED) is 0.711. The summed E-state index contributed by atoms with van der Waals surface area (Å²) in [6.45, 7) is 5.63. The third kappa shape index (κ3) is 8.35. The summed E-state index contributed by atoms with van der Waals surface area (Å²) < 4.78 is 27.2. The SMILES string of the molecule is CCCC1=CC=C[NH+]1CC.CS(=O)(=O)[O-]. The van der Waals surface area contributed by atoms with Crippen LogP contribution < -0.4 is 4.90 Å². The van der Waals surface area contributed by atoms with E-state index in [9.17, 15) is 0 Å². The Kier molecular flexibility index (Phi) is 6.47. The lowest BCUT2D eigenvalue weighted by Gasteiger charge is -2.10. The van der Waals surface area contributed by atoms with Crippen molar-refractivity contribution < 1.29 is 17.9 Å². The minimum Gasteiger partial charge on any atom is -0.748 e. The molecule has 1 aliphatic rings. The fourth-order valence-corrected chi connectivity index (χ4v) is 1.35. The van der Waals surface area contributed by atoms with Crippen LogP contribution in [0.1, 0.15) is 26.7 Å². The molecule has 0 amide bonds. The zero-order valence-corrected chi connectivity index (χ0v) is 10.3. The molecule has 0 fully saturated rings. The van der Waals surface area contributed by atoms with Gasteiger partial charge in [0.1, 0.15) is 5.70 Å². The van der Waals surface area contributed by atoms with Crippen LogP contribution in [0.2, 0.25) is 0 Å². The number of allylic oxidation sites excluding steroid dienone is 3. The van der Waals surface area contributed by atoms with Gasteiger partial charge in [0.2, 0.25) is 0 Å². The molecule has 0 saturated carbocycles. The van der Waals surface area contributed by atoms with Crippen LogP contribution in [-0.4, -0.2) is 25.8 Å². The van der Waals surface area contributed by atoms with E-state index in [0.29, 0.717) is 6.26 Å². The van der Waals surface area contributed by atoms with Gasteiger partial charge in [0.05, 0.1) is 22.9 Å².